The van der Waals surface area contributed by atoms with Crippen LogP contribution in [0.4, 0.5) is 10.1 Å². The summed E-state index contributed by atoms with van der Waals surface area (Å²) in [5.41, 5.74) is 3.79. The third-order valence-corrected chi connectivity index (χ3v) is 4.54. The van der Waals surface area contributed by atoms with Crippen molar-refractivity contribution in [2.45, 2.75) is 20.3 Å². The number of amides is 2. The van der Waals surface area contributed by atoms with Crippen LogP contribution in [0.2, 0.25) is 0 Å². The molecule has 2 amide bonds. The molecule has 3 rings (SSSR count). The van der Waals surface area contributed by atoms with Crippen LogP contribution in [0.3, 0.4) is 0 Å². The monoisotopic (exact) mass is 391 g/mol. The number of pyridine rings is 1. The van der Waals surface area contributed by atoms with E-state index in [4.69, 9.17) is 0 Å². The van der Waals surface area contributed by atoms with Crippen molar-refractivity contribution in [3.05, 3.63) is 94.6 Å². The number of rotatable bonds is 6. The summed E-state index contributed by atoms with van der Waals surface area (Å²) in [4.78, 5) is 28.9. The van der Waals surface area contributed by atoms with Crippen LogP contribution < -0.4 is 10.6 Å². The quantitative estimate of drug-likeness (QED) is 0.666. The van der Waals surface area contributed by atoms with Gasteiger partial charge in [-0.2, -0.15) is 0 Å². The van der Waals surface area contributed by atoms with Crippen LogP contribution in [-0.4, -0.2) is 23.3 Å². The van der Waals surface area contributed by atoms with E-state index < -0.39 is 0 Å². The molecule has 0 bridgehead atoms. The fourth-order valence-electron chi connectivity index (χ4n) is 2.87. The van der Waals surface area contributed by atoms with Gasteiger partial charge >= 0.3 is 0 Å². The van der Waals surface area contributed by atoms with Crippen molar-refractivity contribution < 1.29 is 14.0 Å². The number of carbonyl (C=O) groups excluding carboxylic acids is 2. The SMILES string of the molecule is Cc1ccc(C)c(NC(=O)c2cncc(C(=O)NCCc3ccccc3F)c2)c1. The molecule has 0 fully saturated rings. The van der Waals surface area contributed by atoms with Gasteiger partial charge in [-0.15, -0.1) is 0 Å². The molecule has 0 unspecified atom stereocenters. The van der Waals surface area contributed by atoms with Gasteiger partial charge in [-0.25, -0.2) is 4.39 Å². The number of nitrogens with one attached hydrogen (secondary N) is 2. The van der Waals surface area contributed by atoms with Gasteiger partial charge in [-0.3, -0.25) is 14.6 Å². The highest BCUT2D eigenvalue weighted by Crippen LogP contribution is 2.17. The molecule has 2 aromatic carbocycles. The Morgan fingerprint density at radius 3 is 2.45 bits per heavy atom. The fraction of sp³-hybridized carbons (Fsp3) is 0.174. The predicted molar refractivity (Wildman–Crippen MR) is 111 cm³/mol. The van der Waals surface area contributed by atoms with E-state index in [0.29, 0.717) is 12.0 Å². The van der Waals surface area contributed by atoms with Gasteiger partial charge in [0.1, 0.15) is 5.82 Å². The first-order valence-corrected chi connectivity index (χ1v) is 9.29. The molecular formula is C23H22FN3O2. The maximum absolute atomic E-state index is 13.6. The molecule has 6 heteroatoms. The minimum absolute atomic E-state index is 0.271. The van der Waals surface area contributed by atoms with Crippen molar-refractivity contribution in [3.8, 4) is 0 Å². The van der Waals surface area contributed by atoms with Crippen molar-refractivity contribution in [2.75, 3.05) is 11.9 Å². The molecule has 3 aromatic rings. The number of hydrogen-bond donors (Lipinski definition) is 2. The maximum Gasteiger partial charge on any atom is 0.257 e. The Kier molecular flexibility index (Phi) is 6.34. The molecule has 0 aliphatic carbocycles. The normalized spacial score (nSPS) is 10.4. The Morgan fingerprint density at radius 2 is 1.69 bits per heavy atom. The van der Waals surface area contributed by atoms with E-state index in [1.165, 1.54) is 24.5 Å². The lowest BCUT2D eigenvalue weighted by atomic mass is 10.1. The van der Waals surface area contributed by atoms with Gasteiger partial charge in [0, 0.05) is 24.6 Å². The Bertz CT molecular complexity index is 1050. The Labute approximate surface area is 169 Å². The molecule has 0 atom stereocenters. The third kappa shape index (κ3) is 5.25. The van der Waals surface area contributed by atoms with Crippen LogP contribution in [0.1, 0.15) is 37.4 Å². The molecule has 148 valence electrons. The van der Waals surface area contributed by atoms with Crippen molar-refractivity contribution >= 4 is 17.5 Å². The minimum atomic E-state index is -0.366. The topological polar surface area (TPSA) is 71.1 Å². The second-order valence-corrected chi connectivity index (χ2v) is 6.83. The van der Waals surface area contributed by atoms with Gasteiger partial charge < -0.3 is 10.6 Å². The summed E-state index contributed by atoms with van der Waals surface area (Å²) in [6.07, 6.45) is 3.18. The third-order valence-electron chi connectivity index (χ3n) is 4.54. The molecule has 1 heterocycles. The van der Waals surface area contributed by atoms with E-state index in [9.17, 15) is 14.0 Å². The van der Waals surface area contributed by atoms with E-state index in [-0.39, 0.29) is 35.3 Å². The fourth-order valence-corrected chi connectivity index (χ4v) is 2.87. The lowest BCUT2D eigenvalue weighted by Gasteiger charge is -2.10. The van der Waals surface area contributed by atoms with E-state index in [1.807, 2.05) is 32.0 Å². The molecule has 0 aliphatic heterocycles. The van der Waals surface area contributed by atoms with Gasteiger partial charge in [0.25, 0.3) is 11.8 Å². The van der Waals surface area contributed by atoms with Gasteiger partial charge in [0.05, 0.1) is 11.1 Å². The Morgan fingerprint density at radius 1 is 0.966 bits per heavy atom. The van der Waals surface area contributed by atoms with Crippen molar-refractivity contribution in [1.82, 2.24) is 10.3 Å². The highest BCUT2D eigenvalue weighted by Gasteiger charge is 2.13. The van der Waals surface area contributed by atoms with E-state index in [2.05, 4.69) is 15.6 Å². The zero-order valence-electron chi connectivity index (χ0n) is 16.3. The average Bonchev–Trinajstić information content (AvgIpc) is 2.72. The van der Waals surface area contributed by atoms with Crippen LogP contribution >= 0.6 is 0 Å². The summed E-state index contributed by atoms with van der Waals surface area (Å²) in [6.45, 7) is 4.13. The summed E-state index contributed by atoms with van der Waals surface area (Å²) in [7, 11) is 0. The number of nitrogens with zero attached hydrogens (tertiary/aromatic N) is 1. The Hall–Kier alpha value is -3.54. The molecule has 5 nitrogen and oxygen atoms in total. The van der Waals surface area contributed by atoms with Crippen LogP contribution in [-0.2, 0) is 6.42 Å². The molecule has 0 spiro atoms. The number of carbonyl (C=O) groups is 2. The lowest BCUT2D eigenvalue weighted by molar-refractivity contribution is 0.0953. The number of anilines is 1. The lowest BCUT2D eigenvalue weighted by Crippen LogP contribution is -2.26. The Balaban J connectivity index is 1.63. The number of benzene rings is 2. The number of hydrogen-bond acceptors (Lipinski definition) is 3. The molecular weight excluding hydrogens is 369 g/mol. The molecule has 0 saturated carbocycles. The molecule has 0 aliphatic rings. The highest BCUT2D eigenvalue weighted by molar-refractivity contribution is 6.06. The summed E-state index contributed by atoms with van der Waals surface area (Å²) >= 11 is 0. The largest absolute Gasteiger partial charge is 0.352 e. The van der Waals surface area contributed by atoms with E-state index >= 15 is 0 Å². The smallest absolute Gasteiger partial charge is 0.257 e. The van der Waals surface area contributed by atoms with E-state index in [0.717, 1.165) is 16.8 Å². The first-order valence-electron chi connectivity index (χ1n) is 9.29. The van der Waals surface area contributed by atoms with E-state index in [1.54, 1.807) is 18.2 Å². The summed E-state index contributed by atoms with van der Waals surface area (Å²) in [5, 5.41) is 5.58. The summed E-state index contributed by atoms with van der Waals surface area (Å²) in [6, 6.07) is 13.7. The van der Waals surface area contributed by atoms with Crippen molar-refractivity contribution in [3.63, 3.8) is 0 Å². The van der Waals surface area contributed by atoms with Crippen LogP contribution in [0.5, 0.6) is 0 Å². The van der Waals surface area contributed by atoms with Crippen LogP contribution in [0, 0.1) is 19.7 Å². The zero-order valence-corrected chi connectivity index (χ0v) is 16.3. The molecule has 29 heavy (non-hydrogen) atoms. The van der Waals surface area contributed by atoms with Gasteiger partial charge in [-0.05, 0) is 55.2 Å². The second kappa shape index (κ2) is 9.10. The maximum atomic E-state index is 13.6. The second-order valence-electron chi connectivity index (χ2n) is 6.83. The first-order chi connectivity index (χ1) is 13.9. The molecule has 0 saturated heterocycles. The summed E-state index contributed by atoms with van der Waals surface area (Å²) < 4.78 is 13.6. The standard InChI is InChI=1S/C23H22FN3O2/c1-15-7-8-16(2)21(11-15)27-23(29)19-12-18(13-25-14-19)22(28)26-10-9-17-5-3-4-6-20(17)24/h3-8,11-14H,9-10H2,1-2H3,(H,26,28)(H,27,29). The summed E-state index contributed by atoms with van der Waals surface area (Å²) in [5.74, 6) is -1.00. The van der Waals surface area contributed by atoms with Crippen molar-refractivity contribution in [2.24, 2.45) is 0 Å². The predicted octanol–water partition coefficient (Wildman–Crippen LogP) is 4.06. The van der Waals surface area contributed by atoms with Crippen LogP contribution in [0.25, 0.3) is 0 Å². The van der Waals surface area contributed by atoms with Crippen molar-refractivity contribution in [1.29, 1.82) is 0 Å². The number of aromatic nitrogens is 1. The molecule has 2 N–H and O–H groups in total. The van der Waals surface area contributed by atoms with Gasteiger partial charge in [-0.1, -0.05) is 30.3 Å². The molecule has 1 aromatic heterocycles. The number of aryl methyl sites for hydroxylation is 2. The number of halogens is 1. The van der Waals surface area contributed by atoms with Gasteiger partial charge in [0.2, 0.25) is 0 Å². The zero-order chi connectivity index (χ0) is 20.8. The van der Waals surface area contributed by atoms with Crippen LogP contribution in [0.15, 0.2) is 60.9 Å². The molecule has 0 radical (unpaired) electrons. The first kappa shape index (κ1) is 20.2. The minimum Gasteiger partial charge on any atom is -0.352 e. The average molecular weight is 391 g/mol. The van der Waals surface area contributed by atoms with Gasteiger partial charge in [0.15, 0.2) is 0 Å². The highest BCUT2D eigenvalue weighted by atomic mass is 19.1.